The Hall–Kier alpha value is -3.53. The van der Waals surface area contributed by atoms with E-state index in [1.54, 1.807) is 0 Å². The number of anilines is 1. The van der Waals surface area contributed by atoms with Gasteiger partial charge in [0.15, 0.2) is 5.76 Å². The van der Waals surface area contributed by atoms with Crippen molar-refractivity contribution < 1.29 is 13.9 Å². The summed E-state index contributed by atoms with van der Waals surface area (Å²) < 4.78 is 11.8. The highest BCUT2D eigenvalue weighted by Crippen LogP contribution is 2.28. The fraction of sp³-hybridized carbons (Fsp3) is 0.125. The van der Waals surface area contributed by atoms with Crippen LogP contribution in [0.5, 0.6) is 5.75 Å². The Labute approximate surface area is 163 Å². The Morgan fingerprint density at radius 1 is 0.964 bits per heavy atom. The monoisotopic (exact) mass is 371 g/mol. The van der Waals surface area contributed by atoms with Gasteiger partial charge in [0.2, 0.25) is 0 Å². The molecule has 28 heavy (non-hydrogen) atoms. The van der Waals surface area contributed by atoms with Crippen LogP contribution in [0.15, 0.2) is 83.3 Å². The third-order valence-electron chi connectivity index (χ3n) is 4.62. The lowest BCUT2D eigenvalue weighted by atomic mass is 10.1. The number of hydrogen-bond donors (Lipinski definition) is 1. The number of carbonyl (C=O) groups is 1. The number of benzene rings is 3. The summed E-state index contributed by atoms with van der Waals surface area (Å²) in [5.74, 6) is 0.741. The van der Waals surface area contributed by atoms with Crippen LogP contribution < -0.4 is 10.1 Å². The first-order valence-corrected chi connectivity index (χ1v) is 9.33. The first kappa shape index (κ1) is 17.9. The van der Waals surface area contributed by atoms with E-state index in [4.69, 9.17) is 9.15 Å². The number of ether oxygens (including phenoxy) is 1. The summed E-state index contributed by atoms with van der Waals surface area (Å²) in [6.45, 7) is 2.33. The molecule has 1 aromatic heterocycles. The van der Waals surface area contributed by atoms with E-state index in [1.165, 1.54) is 0 Å². The van der Waals surface area contributed by atoms with E-state index in [2.05, 4.69) is 12.2 Å². The van der Waals surface area contributed by atoms with Crippen LogP contribution >= 0.6 is 0 Å². The molecule has 1 amide bonds. The molecule has 0 saturated heterocycles. The molecule has 140 valence electrons. The van der Waals surface area contributed by atoms with E-state index in [9.17, 15) is 4.79 Å². The molecule has 0 saturated carbocycles. The van der Waals surface area contributed by atoms with Gasteiger partial charge >= 0.3 is 0 Å². The number of furan rings is 1. The Morgan fingerprint density at radius 2 is 1.75 bits per heavy atom. The molecule has 1 heterocycles. The van der Waals surface area contributed by atoms with Gasteiger partial charge in [0, 0.05) is 16.6 Å². The van der Waals surface area contributed by atoms with Gasteiger partial charge in [-0.3, -0.25) is 4.79 Å². The maximum atomic E-state index is 13.0. The van der Waals surface area contributed by atoms with Crippen molar-refractivity contribution in [2.75, 3.05) is 5.32 Å². The second-order valence-corrected chi connectivity index (χ2v) is 6.52. The number of amides is 1. The van der Waals surface area contributed by atoms with Crippen molar-refractivity contribution >= 4 is 22.6 Å². The van der Waals surface area contributed by atoms with Gasteiger partial charge in [0.25, 0.3) is 5.91 Å². The number of aryl methyl sites for hydroxylation is 1. The number of hydrogen-bond acceptors (Lipinski definition) is 3. The highest BCUT2D eigenvalue weighted by molar-refractivity contribution is 6.06. The van der Waals surface area contributed by atoms with Crippen LogP contribution in [-0.4, -0.2) is 5.91 Å². The minimum absolute atomic E-state index is 0.249. The molecular weight excluding hydrogens is 350 g/mol. The van der Waals surface area contributed by atoms with Gasteiger partial charge < -0.3 is 14.5 Å². The number of nitrogens with one attached hydrogen (secondary N) is 1. The molecule has 0 aliphatic rings. The van der Waals surface area contributed by atoms with Gasteiger partial charge in [-0.15, -0.1) is 0 Å². The van der Waals surface area contributed by atoms with Gasteiger partial charge in [-0.25, -0.2) is 0 Å². The van der Waals surface area contributed by atoms with E-state index >= 15 is 0 Å². The van der Waals surface area contributed by atoms with E-state index in [-0.39, 0.29) is 18.3 Å². The normalized spacial score (nSPS) is 10.8. The molecule has 0 aliphatic carbocycles. The molecule has 4 rings (SSSR count). The van der Waals surface area contributed by atoms with Crippen molar-refractivity contribution in [3.8, 4) is 5.75 Å². The third kappa shape index (κ3) is 3.76. The summed E-state index contributed by atoms with van der Waals surface area (Å²) in [6, 6.07) is 25.0. The van der Waals surface area contributed by atoms with E-state index in [0.717, 1.165) is 34.4 Å². The van der Waals surface area contributed by atoms with Crippen molar-refractivity contribution in [3.05, 3.63) is 95.7 Å². The second kappa shape index (κ2) is 8.01. The average Bonchev–Trinajstić information content (AvgIpc) is 3.12. The zero-order valence-corrected chi connectivity index (χ0v) is 15.6. The molecule has 3 aromatic carbocycles. The molecule has 0 spiro atoms. The van der Waals surface area contributed by atoms with Gasteiger partial charge in [-0.2, -0.15) is 0 Å². The van der Waals surface area contributed by atoms with Crippen molar-refractivity contribution in [2.24, 2.45) is 0 Å². The lowest BCUT2D eigenvalue weighted by molar-refractivity contribution is 0.0995. The maximum absolute atomic E-state index is 13.0. The fourth-order valence-electron chi connectivity index (χ4n) is 3.15. The molecule has 0 atom stereocenters. The summed E-state index contributed by atoms with van der Waals surface area (Å²) in [5, 5.41) is 3.82. The zero-order valence-electron chi connectivity index (χ0n) is 15.6. The van der Waals surface area contributed by atoms with Crippen LogP contribution in [0.1, 0.15) is 28.6 Å². The van der Waals surface area contributed by atoms with Crippen molar-refractivity contribution in [2.45, 2.75) is 20.0 Å². The molecule has 0 radical (unpaired) electrons. The topological polar surface area (TPSA) is 51.5 Å². The van der Waals surface area contributed by atoms with E-state index in [1.807, 2.05) is 78.9 Å². The Kier molecular flexibility index (Phi) is 5.11. The molecule has 1 N–H and O–H groups in total. The first-order valence-electron chi connectivity index (χ1n) is 9.33. The molecule has 0 aliphatic heterocycles. The van der Waals surface area contributed by atoms with Crippen molar-refractivity contribution in [1.29, 1.82) is 0 Å². The Morgan fingerprint density at radius 3 is 2.57 bits per heavy atom. The van der Waals surface area contributed by atoms with Crippen molar-refractivity contribution in [1.82, 2.24) is 0 Å². The molecule has 0 bridgehead atoms. The highest BCUT2D eigenvalue weighted by atomic mass is 16.5. The summed E-state index contributed by atoms with van der Waals surface area (Å²) in [6.07, 6.45) is 0.907. The van der Waals surface area contributed by atoms with Crippen LogP contribution in [0.2, 0.25) is 0 Å². The van der Waals surface area contributed by atoms with Crippen LogP contribution in [0.4, 0.5) is 5.69 Å². The molecule has 4 heteroatoms. The number of para-hydroxylation sites is 2. The summed E-state index contributed by atoms with van der Waals surface area (Å²) in [5.41, 5.74) is 3.32. The van der Waals surface area contributed by atoms with Gasteiger partial charge in [0.1, 0.15) is 17.9 Å². The summed E-state index contributed by atoms with van der Waals surface area (Å²) in [7, 11) is 0. The van der Waals surface area contributed by atoms with Gasteiger partial charge in [-0.05, 0) is 42.3 Å². The predicted octanol–water partition coefficient (Wildman–Crippen LogP) is 5.83. The fourth-order valence-corrected chi connectivity index (χ4v) is 3.15. The Balaban J connectivity index is 1.64. The minimum atomic E-state index is -0.281. The van der Waals surface area contributed by atoms with Crippen LogP contribution in [0, 0.1) is 0 Å². The molecule has 0 unspecified atom stereocenters. The molecule has 4 nitrogen and oxygen atoms in total. The van der Waals surface area contributed by atoms with E-state index < -0.39 is 0 Å². The van der Waals surface area contributed by atoms with Gasteiger partial charge in [0.05, 0.1) is 0 Å². The van der Waals surface area contributed by atoms with E-state index in [0.29, 0.717) is 5.58 Å². The maximum Gasteiger partial charge on any atom is 0.291 e. The third-order valence-corrected chi connectivity index (χ3v) is 4.62. The van der Waals surface area contributed by atoms with Crippen molar-refractivity contribution in [3.63, 3.8) is 0 Å². The predicted molar refractivity (Wildman–Crippen MR) is 111 cm³/mol. The largest absolute Gasteiger partial charge is 0.489 e. The lowest BCUT2D eigenvalue weighted by Crippen LogP contribution is -2.14. The minimum Gasteiger partial charge on any atom is -0.489 e. The quantitative estimate of drug-likeness (QED) is 0.464. The molecule has 4 aromatic rings. The standard InChI is InChI=1S/C24H21NO3/c1-2-17-9-8-10-18(15-17)25-24(26)23-21(16-27-19-11-4-3-5-12-19)20-13-6-7-14-22(20)28-23/h3-15H,2,16H2,1H3,(H,25,26). The molecule has 0 fully saturated rings. The smallest absolute Gasteiger partial charge is 0.291 e. The zero-order chi connectivity index (χ0) is 19.3. The van der Waals surface area contributed by atoms with Gasteiger partial charge in [-0.1, -0.05) is 55.5 Å². The summed E-state index contributed by atoms with van der Waals surface area (Å²) >= 11 is 0. The lowest BCUT2D eigenvalue weighted by Gasteiger charge is -2.08. The van der Waals surface area contributed by atoms with Crippen LogP contribution in [0.3, 0.4) is 0 Å². The molecular formula is C24H21NO3. The first-order chi connectivity index (χ1) is 13.7. The number of rotatable bonds is 6. The highest BCUT2D eigenvalue weighted by Gasteiger charge is 2.21. The number of fused-ring (bicyclic) bond motifs is 1. The SMILES string of the molecule is CCc1cccc(NC(=O)c2oc3ccccc3c2COc2ccccc2)c1. The van der Waals surface area contributed by atoms with Crippen LogP contribution in [0.25, 0.3) is 11.0 Å². The average molecular weight is 371 g/mol. The second-order valence-electron chi connectivity index (χ2n) is 6.52. The van der Waals surface area contributed by atoms with Crippen LogP contribution in [-0.2, 0) is 13.0 Å². The number of carbonyl (C=O) groups excluding carboxylic acids is 1. The summed E-state index contributed by atoms with van der Waals surface area (Å²) in [4.78, 5) is 13.0. The Bertz CT molecular complexity index is 1100.